The Labute approximate surface area is 128 Å². The van der Waals surface area contributed by atoms with Crippen LogP contribution in [0.2, 0.25) is 0 Å². The Hall–Kier alpha value is -0.910. The Bertz CT molecular complexity index is 497. The van der Waals surface area contributed by atoms with E-state index in [4.69, 9.17) is 4.18 Å². The van der Waals surface area contributed by atoms with Crippen molar-refractivity contribution in [2.24, 2.45) is 0 Å². The molecule has 0 aliphatic carbocycles. The van der Waals surface area contributed by atoms with E-state index in [1.807, 2.05) is 6.07 Å². The third kappa shape index (κ3) is 7.07. The van der Waals surface area contributed by atoms with Gasteiger partial charge in [-0.2, -0.15) is 8.42 Å². The van der Waals surface area contributed by atoms with Gasteiger partial charge in [-0.1, -0.05) is 38.3 Å². The molecule has 0 saturated carbocycles. The van der Waals surface area contributed by atoms with Crippen LogP contribution in [0.4, 0.5) is 0 Å². The van der Waals surface area contributed by atoms with E-state index in [2.05, 4.69) is 6.92 Å². The Morgan fingerprint density at radius 3 is 2.52 bits per heavy atom. The van der Waals surface area contributed by atoms with E-state index in [1.54, 1.807) is 18.2 Å². The van der Waals surface area contributed by atoms with E-state index in [1.165, 1.54) is 0 Å². The molecule has 0 heterocycles. The van der Waals surface area contributed by atoms with Crippen molar-refractivity contribution in [1.29, 1.82) is 0 Å². The second-order valence-electron chi connectivity index (χ2n) is 5.15. The summed E-state index contributed by atoms with van der Waals surface area (Å²) in [5.41, 5.74) is 1.02. The molecule has 21 heavy (non-hydrogen) atoms. The summed E-state index contributed by atoms with van der Waals surface area (Å²) in [5.74, 6) is 0. The first-order chi connectivity index (χ1) is 10.1. The lowest BCUT2D eigenvalue weighted by atomic mass is 10.1. The van der Waals surface area contributed by atoms with Crippen LogP contribution in [0.3, 0.4) is 0 Å². The van der Waals surface area contributed by atoms with E-state index in [9.17, 15) is 13.5 Å². The monoisotopic (exact) mass is 313 g/mol. The highest BCUT2D eigenvalue weighted by atomic mass is 32.2. The number of aryl methyl sites for hydroxylation is 1. The summed E-state index contributed by atoms with van der Waals surface area (Å²) in [5, 5.41) is 10.3. The molecule has 119 valence electrons. The molecule has 1 radical (unpaired) electrons. The molecule has 5 heteroatoms. The molecule has 0 amide bonds. The molecule has 0 unspecified atom stereocenters. The predicted octanol–water partition coefficient (Wildman–Crippen LogP) is 3.73. The topological polar surface area (TPSA) is 63.3 Å². The summed E-state index contributed by atoms with van der Waals surface area (Å²) >= 11 is 0. The Kier molecular flexibility index (Phi) is 8.57. The number of hydrogen-bond donors (Lipinski definition) is 0. The summed E-state index contributed by atoms with van der Waals surface area (Å²) < 4.78 is 29.2. The summed E-state index contributed by atoms with van der Waals surface area (Å²) in [6.45, 7) is 2.22. The van der Waals surface area contributed by atoms with Crippen molar-refractivity contribution in [3.63, 3.8) is 0 Å². The number of unbranched alkanes of at least 4 members (excludes halogenated alkanes) is 4. The maximum Gasteiger partial charge on any atom is 0.296 e. The Balaban J connectivity index is 2.49. The van der Waals surface area contributed by atoms with Crippen LogP contribution in [0.5, 0.6) is 0 Å². The lowest BCUT2D eigenvalue weighted by molar-refractivity contribution is 0.185. The molecule has 0 atom stereocenters. The van der Waals surface area contributed by atoms with Crippen LogP contribution in [0.25, 0.3) is 0 Å². The van der Waals surface area contributed by atoms with E-state index in [-0.39, 0.29) is 18.1 Å². The smallest absolute Gasteiger partial charge is 0.266 e. The molecular formula is C16H25O4S. The summed E-state index contributed by atoms with van der Waals surface area (Å²) in [6, 6.07) is 6.97. The van der Waals surface area contributed by atoms with Crippen LogP contribution in [-0.2, 0) is 25.8 Å². The van der Waals surface area contributed by atoms with Gasteiger partial charge >= 0.3 is 0 Å². The van der Waals surface area contributed by atoms with Crippen molar-refractivity contribution in [3.8, 4) is 0 Å². The summed E-state index contributed by atoms with van der Waals surface area (Å²) in [7, 11) is -3.66. The van der Waals surface area contributed by atoms with Crippen LogP contribution in [0, 0.1) is 0 Å². The highest BCUT2D eigenvalue weighted by Gasteiger charge is 2.15. The predicted molar refractivity (Wildman–Crippen MR) is 82.2 cm³/mol. The minimum absolute atomic E-state index is 0.0658. The van der Waals surface area contributed by atoms with Crippen LogP contribution < -0.4 is 0 Å². The second kappa shape index (κ2) is 9.92. The fourth-order valence-corrected chi connectivity index (χ4v) is 3.05. The minimum atomic E-state index is -3.66. The van der Waals surface area contributed by atoms with Crippen molar-refractivity contribution in [1.82, 2.24) is 0 Å². The van der Waals surface area contributed by atoms with Crippen LogP contribution in [0.15, 0.2) is 29.2 Å². The first-order valence-electron chi connectivity index (χ1n) is 7.66. The van der Waals surface area contributed by atoms with Crippen LogP contribution in [-0.4, -0.2) is 21.6 Å². The molecule has 0 bridgehead atoms. The SMILES string of the molecule is CCCCc1cccc(S(=O)(=O)OCCCCCC[O])c1. The molecule has 0 aliphatic heterocycles. The zero-order valence-corrected chi connectivity index (χ0v) is 13.5. The molecule has 1 aromatic carbocycles. The largest absolute Gasteiger partial charge is 0.296 e. The number of benzene rings is 1. The Morgan fingerprint density at radius 1 is 1.05 bits per heavy atom. The van der Waals surface area contributed by atoms with Gasteiger partial charge < -0.3 is 0 Å². The van der Waals surface area contributed by atoms with Crippen molar-refractivity contribution in [2.45, 2.75) is 56.8 Å². The molecule has 0 fully saturated rings. The van der Waals surface area contributed by atoms with Crippen molar-refractivity contribution in [2.75, 3.05) is 13.2 Å². The van der Waals surface area contributed by atoms with Crippen LogP contribution in [0.1, 0.15) is 51.0 Å². The van der Waals surface area contributed by atoms with E-state index in [0.717, 1.165) is 37.7 Å². The highest BCUT2D eigenvalue weighted by Crippen LogP contribution is 2.16. The highest BCUT2D eigenvalue weighted by molar-refractivity contribution is 7.86. The maximum atomic E-state index is 12.1. The maximum absolute atomic E-state index is 12.1. The Morgan fingerprint density at radius 2 is 1.81 bits per heavy atom. The van der Waals surface area contributed by atoms with Gasteiger partial charge in [-0.3, -0.25) is 4.18 Å². The third-order valence-corrected chi connectivity index (χ3v) is 4.59. The van der Waals surface area contributed by atoms with Gasteiger partial charge in [0.15, 0.2) is 0 Å². The van der Waals surface area contributed by atoms with Gasteiger partial charge in [-0.25, -0.2) is 5.11 Å². The fraction of sp³-hybridized carbons (Fsp3) is 0.625. The van der Waals surface area contributed by atoms with E-state index >= 15 is 0 Å². The van der Waals surface area contributed by atoms with E-state index < -0.39 is 10.1 Å². The first kappa shape index (κ1) is 18.1. The number of rotatable bonds is 11. The first-order valence-corrected chi connectivity index (χ1v) is 9.07. The molecule has 1 rings (SSSR count). The third-order valence-electron chi connectivity index (χ3n) is 3.28. The van der Waals surface area contributed by atoms with Gasteiger partial charge in [0.25, 0.3) is 10.1 Å². The van der Waals surface area contributed by atoms with Crippen LogP contribution >= 0.6 is 0 Å². The zero-order valence-electron chi connectivity index (χ0n) is 12.7. The van der Waals surface area contributed by atoms with Gasteiger partial charge in [0.2, 0.25) is 0 Å². The molecule has 0 aliphatic rings. The summed E-state index contributed by atoms with van der Waals surface area (Å²) in [4.78, 5) is 0.232. The van der Waals surface area contributed by atoms with Gasteiger partial charge in [-0.15, -0.1) is 0 Å². The molecule has 0 aromatic heterocycles. The molecule has 4 nitrogen and oxygen atoms in total. The molecular weight excluding hydrogens is 288 g/mol. The lowest BCUT2D eigenvalue weighted by Gasteiger charge is -2.07. The minimum Gasteiger partial charge on any atom is -0.266 e. The van der Waals surface area contributed by atoms with Gasteiger partial charge in [0.1, 0.15) is 0 Å². The molecule has 0 N–H and O–H groups in total. The van der Waals surface area contributed by atoms with Crippen molar-refractivity contribution < 1.29 is 17.7 Å². The van der Waals surface area contributed by atoms with E-state index in [0.29, 0.717) is 12.8 Å². The van der Waals surface area contributed by atoms with Crippen molar-refractivity contribution in [3.05, 3.63) is 29.8 Å². The lowest BCUT2D eigenvalue weighted by Crippen LogP contribution is -2.08. The van der Waals surface area contributed by atoms with Gasteiger partial charge in [-0.05, 0) is 43.4 Å². The fourth-order valence-electron chi connectivity index (χ4n) is 2.03. The summed E-state index contributed by atoms with van der Waals surface area (Å²) in [6.07, 6.45) is 5.98. The number of hydrogen-bond acceptors (Lipinski definition) is 3. The average molecular weight is 313 g/mol. The van der Waals surface area contributed by atoms with Gasteiger partial charge in [0, 0.05) is 0 Å². The zero-order chi connectivity index (χ0) is 15.6. The normalized spacial score (nSPS) is 11.7. The van der Waals surface area contributed by atoms with Gasteiger partial charge in [0.05, 0.1) is 18.1 Å². The van der Waals surface area contributed by atoms with Crippen molar-refractivity contribution >= 4 is 10.1 Å². The second-order valence-corrected chi connectivity index (χ2v) is 6.76. The standard InChI is InChI=1S/C16H25O4S/c1-2-3-9-15-10-8-11-16(14-15)21(18,19)20-13-7-5-4-6-12-17/h8,10-11,14H,2-7,9,12-13H2,1H3. The molecule has 1 aromatic rings. The molecule has 0 saturated heterocycles. The quantitative estimate of drug-likeness (QED) is 0.462. The molecule has 0 spiro atoms. The average Bonchev–Trinajstić information content (AvgIpc) is 2.49.